The number of nitrogen functional groups attached to an aromatic ring is 1. The summed E-state index contributed by atoms with van der Waals surface area (Å²) in [5.41, 5.74) is 7.77. The van der Waals surface area contributed by atoms with Gasteiger partial charge >= 0.3 is 0 Å². The van der Waals surface area contributed by atoms with Crippen LogP contribution in [-0.4, -0.2) is 34.5 Å². The van der Waals surface area contributed by atoms with Crippen LogP contribution in [0, 0.1) is 0 Å². The van der Waals surface area contributed by atoms with Crippen molar-refractivity contribution < 1.29 is 0 Å². The second-order valence-corrected chi connectivity index (χ2v) is 3.78. The molecule has 2 heterocycles. The fourth-order valence-corrected chi connectivity index (χ4v) is 1.88. The van der Waals surface area contributed by atoms with Crippen molar-refractivity contribution in [1.82, 2.24) is 14.9 Å². The minimum atomic E-state index is 0. The Hall–Kier alpha value is -0.840. The SMILES string of the molecule is C=CCN1CCc2ncc(N)nc2CC1.Cl.Cl. The van der Waals surface area contributed by atoms with Crippen molar-refractivity contribution in [2.45, 2.75) is 12.8 Å². The van der Waals surface area contributed by atoms with Gasteiger partial charge in [0.1, 0.15) is 5.82 Å². The first-order valence-electron chi connectivity index (χ1n) is 5.23. The first-order valence-corrected chi connectivity index (χ1v) is 5.23. The van der Waals surface area contributed by atoms with Crippen LogP contribution in [-0.2, 0) is 12.8 Å². The molecule has 0 bridgehead atoms. The van der Waals surface area contributed by atoms with E-state index in [9.17, 15) is 0 Å². The maximum Gasteiger partial charge on any atom is 0.142 e. The molecule has 0 aliphatic carbocycles. The summed E-state index contributed by atoms with van der Waals surface area (Å²) >= 11 is 0. The van der Waals surface area contributed by atoms with E-state index < -0.39 is 0 Å². The van der Waals surface area contributed by atoms with Gasteiger partial charge in [0, 0.05) is 32.5 Å². The Kier molecular flexibility index (Phi) is 7.11. The summed E-state index contributed by atoms with van der Waals surface area (Å²) in [7, 11) is 0. The van der Waals surface area contributed by atoms with Gasteiger partial charge in [0.15, 0.2) is 0 Å². The third-order valence-corrected chi connectivity index (χ3v) is 2.67. The molecule has 1 aromatic rings. The Morgan fingerprint density at radius 1 is 1.29 bits per heavy atom. The molecule has 4 nitrogen and oxygen atoms in total. The summed E-state index contributed by atoms with van der Waals surface area (Å²) < 4.78 is 0. The summed E-state index contributed by atoms with van der Waals surface area (Å²) in [4.78, 5) is 11.0. The predicted octanol–water partition coefficient (Wildman–Crippen LogP) is 1.49. The smallest absolute Gasteiger partial charge is 0.142 e. The molecule has 1 aromatic heterocycles. The Bertz CT molecular complexity index is 370. The third-order valence-electron chi connectivity index (χ3n) is 2.67. The Labute approximate surface area is 114 Å². The van der Waals surface area contributed by atoms with E-state index in [1.54, 1.807) is 6.20 Å². The van der Waals surface area contributed by atoms with Crippen LogP contribution in [0.5, 0.6) is 0 Å². The number of nitrogens with two attached hydrogens (primary N) is 1. The highest BCUT2D eigenvalue weighted by Crippen LogP contribution is 2.12. The monoisotopic (exact) mass is 276 g/mol. The summed E-state index contributed by atoms with van der Waals surface area (Å²) in [5, 5.41) is 0. The zero-order valence-corrected chi connectivity index (χ0v) is 11.3. The average Bonchev–Trinajstić information content (AvgIpc) is 2.42. The van der Waals surface area contributed by atoms with Crippen molar-refractivity contribution in [3.8, 4) is 0 Å². The van der Waals surface area contributed by atoms with Gasteiger partial charge in [-0.05, 0) is 0 Å². The molecule has 17 heavy (non-hydrogen) atoms. The summed E-state index contributed by atoms with van der Waals surface area (Å²) in [6.45, 7) is 6.73. The van der Waals surface area contributed by atoms with Gasteiger partial charge in [0.05, 0.1) is 17.6 Å². The van der Waals surface area contributed by atoms with Crippen molar-refractivity contribution in [3.05, 3.63) is 30.2 Å². The maximum atomic E-state index is 5.62. The molecule has 2 N–H and O–H groups in total. The highest BCUT2D eigenvalue weighted by molar-refractivity contribution is 5.85. The van der Waals surface area contributed by atoms with Gasteiger partial charge in [0.25, 0.3) is 0 Å². The predicted molar refractivity (Wildman–Crippen MR) is 75.0 cm³/mol. The van der Waals surface area contributed by atoms with Crippen LogP contribution in [0.15, 0.2) is 18.9 Å². The van der Waals surface area contributed by atoms with Gasteiger partial charge in [-0.1, -0.05) is 6.08 Å². The summed E-state index contributed by atoms with van der Waals surface area (Å²) in [5.74, 6) is 0.519. The zero-order valence-electron chi connectivity index (χ0n) is 9.63. The highest BCUT2D eigenvalue weighted by atomic mass is 35.5. The molecule has 0 atom stereocenters. The quantitative estimate of drug-likeness (QED) is 0.832. The minimum absolute atomic E-state index is 0. The topological polar surface area (TPSA) is 55.0 Å². The molecule has 0 saturated carbocycles. The molecule has 0 unspecified atom stereocenters. The van der Waals surface area contributed by atoms with Gasteiger partial charge in [-0.2, -0.15) is 0 Å². The average molecular weight is 277 g/mol. The first-order chi connectivity index (χ1) is 7.29. The van der Waals surface area contributed by atoms with Gasteiger partial charge < -0.3 is 5.73 Å². The zero-order chi connectivity index (χ0) is 10.7. The lowest BCUT2D eigenvalue weighted by Crippen LogP contribution is -2.26. The van der Waals surface area contributed by atoms with Crippen molar-refractivity contribution in [1.29, 1.82) is 0 Å². The van der Waals surface area contributed by atoms with Crippen LogP contribution in [0.3, 0.4) is 0 Å². The standard InChI is InChI=1S/C11H16N4.2ClH/c1-2-5-15-6-3-9-10(4-7-15)14-11(12)8-13-9;;/h2,8H,1,3-7H2,(H2,12,14);2*1H. The van der Waals surface area contributed by atoms with Gasteiger partial charge in [-0.25, -0.2) is 4.98 Å². The highest BCUT2D eigenvalue weighted by Gasteiger charge is 2.14. The largest absolute Gasteiger partial charge is 0.382 e. The molecular weight excluding hydrogens is 259 g/mol. The second-order valence-electron chi connectivity index (χ2n) is 3.78. The number of hydrogen-bond donors (Lipinski definition) is 1. The van der Waals surface area contributed by atoms with Crippen LogP contribution < -0.4 is 5.73 Å². The van der Waals surface area contributed by atoms with E-state index in [1.807, 2.05) is 6.08 Å². The fraction of sp³-hybridized carbons (Fsp3) is 0.455. The third kappa shape index (κ3) is 4.15. The number of aromatic nitrogens is 2. The molecule has 6 heteroatoms. The van der Waals surface area contributed by atoms with Crippen molar-refractivity contribution in [3.63, 3.8) is 0 Å². The van der Waals surface area contributed by atoms with Gasteiger partial charge in [-0.15, -0.1) is 31.4 Å². The number of hydrogen-bond acceptors (Lipinski definition) is 4. The lowest BCUT2D eigenvalue weighted by atomic mass is 10.2. The molecule has 96 valence electrons. The van der Waals surface area contributed by atoms with Crippen molar-refractivity contribution in [2.75, 3.05) is 25.4 Å². The Morgan fingerprint density at radius 2 is 1.94 bits per heavy atom. The summed E-state index contributed by atoms with van der Waals surface area (Å²) in [6, 6.07) is 0. The number of rotatable bonds is 2. The molecular formula is C11H18Cl2N4. The molecule has 0 aromatic carbocycles. The van der Waals surface area contributed by atoms with Crippen LogP contribution >= 0.6 is 24.8 Å². The molecule has 0 radical (unpaired) electrons. The lowest BCUT2D eigenvalue weighted by Gasteiger charge is -2.16. The first kappa shape index (κ1) is 16.2. The van der Waals surface area contributed by atoms with Crippen molar-refractivity contribution in [2.24, 2.45) is 0 Å². The summed E-state index contributed by atoms with van der Waals surface area (Å²) in [6.07, 6.45) is 5.46. The number of halogens is 2. The number of nitrogens with zero attached hydrogens (tertiary/aromatic N) is 3. The van der Waals surface area contributed by atoms with E-state index in [0.29, 0.717) is 5.82 Å². The number of anilines is 1. The van der Waals surface area contributed by atoms with Crippen LogP contribution in [0.25, 0.3) is 0 Å². The van der Waals surface area contributed by atoms with E-state index in [-0.39, 0.29) is 24.8 Å². The van der Waals surface area contributed by atoms with E-state index >= 15 is 0 Å². The van der Waals surface area contributed by atoms with E-state index in [2.05, 4.69) is 21.4 Å². The fourth-order valence-electron chi connectivity index (χ4n) is 1.88. The molecule has 1 aliphatic heterocycles. The number of fused-ring (bicyclic) bond motifs is 1. The molecule has 0 fully saturated rings. The second kappa shape index (κ2) is 7.48. The van der Waals surface area contributed by atoms with Crippen LogP contribution in [0.2, 0.25) is 0 Å². The van der Waals surface area contributed by atoms with Crippen molar-refractivity contribution >= 4 is 30.6 Å². The minimum Gasteiger partial charge on any atom is -0.382 e. The molecule has 1 aliphatic rings. The van der Waals surface area contributed by atoms with Gasteiger partial charge in [0.2, 0.25) is 0 Å². The van der Waals surface area contributed by atoms with E-state index in [1.165, 1.54) is 0 Å². The normalized spacial score (nSPS) is 14.8. The van der Waals surface area contributed by atoms with E-state index in [4.69, 9.17) is 5.73 Å². The molecule has 0 saturated heterocycles. The molecule has 0 spiro atoms. The maximum absolute atomic E-state index is 5.62. The van der Waals surface area contributed by atoms with E-state index in [0.717, 1.165) is 43.9 Å². The molecule has 2 rings (SSSR count). The molecule has 0 amide bonds. The lowest BCUT2D eigenvalue weighted by molar-refractivity contribution is 0.318. The van der Waals surface area contributed by atoms with Crippen LogP contribution in [0.4, 0.5) is 5.82 Å². The Morgan fingerprint density at radius 3 is 2.59 bits per heavy atom. The van der Waals surface area contributed by atoms with Crippen LogP contribution in [0.1, 0.15) is 11.4 Å². The van der Waals surface area contributed by atoms with Gasteiger partial charge in [-0.3, -0.25) is 9.88 Å². The Balaban J connectivity index is 0.00000128.